The van der Waals surface area contributed by atoms with Crippen LogP contribution in [0.1, 0.15) is 39.5 Å². The van der Waals surface area contributed by atoms with E-state index in [0.29, 0.717) is 0 Å². The standard InChI is InChI=1S/2C9H11.2ClH.Zr/c2*1-2-3-6-9-7-4-5-8-9;;;/h2*3-4,6-7H,2,5H2,1H3;2*1H;/q2*-1;;;+2. The van der Waals surface area contributed by atoms with Gasteiger partial charge < -0.3 is 0 Å². The van der Waals surface area contributed by atoms with Crippen LogP contribution in [-0.4, -0.2) is 0 Å². The third kappa shape index (κ3) is 13.3. The maximum absolute atomic E-state index is 3.21. The molecule has 2 aliphatic rings. The molecule has 0 aromatic heterocycles. The van der Waals surface area contributed by atoms with Gasteiger partial charge in [-0.1, -0.05) is 26.7 Å². The number of hydrogen-bond acceptors (Lipinski definition) is 0. The first kappa shape index (κ1) is 25.8. The monoisotopic (exact) mass is 400 g/mol. The van der Waals surface area contributed by atoms with Gasteiger partial charge in [0, 0.05) is 0 Å². The van der Waals surface area contributed by atoms with Gasteiger partial charge in [0.15, 0.2) is 0 Å². The van der Waals surface area contributed by atoms with E-state index in [0.717, 1.165) is 25.7 Å². The second-order valence-corrected chi connectivity index (χ2v) is 4.10. The predicted molar refractivity (Wildman–Crippen MR) is 94.4 cm³/mol. The first-order chi connectivity index (χ1) is 8.86. The van der Waals surface area contributed by atoms with E-state index in [-0.39, 0.29) is 51.0 Å². The third-order valence-corrected chi connectivity index (χ3v) is 2.51. The Hall–Kier alpha value is -0.0969. The first-order valence-corrected chi connectivity index (χ1v) is 6.74. The molecule has 0 aromatic carbocycles. The molecule has 2 aliphatic carbocycles. The normalized spacial score (nSPS) is 14.8. The number of hydrogen-bond donors (Lipinski definition) is 0. The third-order valence-electron chi connectivity index (χ3n) is 2.51. The largest absolute Gasteiger partial charge is 2.00 e. The van der Waals surface area contributed by atoms with Crippen LogP contribution in [0.4, 0.5) is 0 Å². The molecule has 0 bridgehead atoms. The van der Waals surface area contributed by atoms with E-state index in [1.54, 1.807) is 0 Å². The van der Waals surface area contributed by atoms with Crippen LogP contribution in [-0.2, 0) is 26.2 Å². The predicted octanol–water partition coefficient (Wildman–Crippen LogP) is 6.13. The van der Waals surface area contributed by atoms with Crippen molar-refractivity contribution in [1.29, 1.82) is 0 Å². The molecular weight excluding hydrogens is 378 g/mol. The molecule has 0 spiro atoms. The van der Waals surface area contributed by atoms with Crippen LogP contribution in [0.3, 0.4) is 0 Å². The SMILES string of the molecule is CCC=CC1=[C-]CC=C1.CCC=CC1=[C-]CC=C1.Cl.Cl.[Zr+2]. The van der Waals surface area contributed by atoms with Gasteiger partial charge in [0.25, 0.3) is 0 Å². The van der Waals surface area contributed by atoms with Crippen LogP contribution >= 0.6 is 24.8 Å². The minimum absolute atomic E-state index is 0. The summed E-state index contributed by atoms with van der Waals surface area (Å²) in [5, 5.41) is 0. The molecule has 0 nitrogen and oxygen atoms in total. The Morgan fingerprint density at radius 3 is 1.48 bits per heavy atom. The smallest absolute Gasteiger partial charge is 0.198 e. The van der Waals surface area contributed by atoms with Crippen molar-refractivity contribution in [2.24, 2.45) is 0 Å². The van der Waals surface area contributed by atoms with E-state index in [2.05, 4.69) is 74.6 Å². The average molecular weight is 403 g/mol. The van der Waals surface area contributed by atoms with Gasteiger partial charge in [-0.15, -0.1) is 49.1 Å². The summed E-state index contributed by atoms with van der Waals surface area (Å²) in [5.41, 5.74) is 2.47. The average Bonchev–Trinajstić information content (AvgIpc) is 3.07. The quantitative estimate of drug-likeness (QED) is 0.497. The zero-order valence-corrected chi connectivity index (χ0v) is 16.9. The molecule has 114 valence electrons. The van der Waals surface area contributed by atoms with Crippen LogP contribution in [0.15, 0.2) is 59.8 Å². The van der Waals surface area contributed by atoms with Crippen molar-refractivity contribution in [1.82, 2.24) is 0 Å². The Balaban J connectivity index is -0.000000270. The van der Waals surface area contributed by atoms with Crippen LogP contribution in [0.25, 0.3) is 0 Å². The Bertz CT molecular complexity index is 373. The summed E-state index contributed by atoms with van der Waals surface area (Å²) >= 11 is 0. The van der Waals surface area contributed by atoms with Gasteiger partial charge in [0.1, 0.15) is 0 Å². The van der Waals surface area contributed by atoms with Crippen molar-refractivity contribution in [2.75, 3.05) is 0 Å². The Morgan fingerprint density at radius 1 is 0.857 bits per heavy atom. The molecule has 0 saturated carbocycles. The topological polar surface area (TPSA) is 0 Å². The summed E-state index contributed by atoms with van der Waals surface area (Å²) < 4.78 is 0. The minimum Gasteiger partial charge on any atom is -0.198 e. The molecular formula is C18H24Cl2Zr. The molecule has 0 N–H and O–H groups in total. The van der Waals surface area contributed by atoms with Crippen molar-refractivity contribution >= 4 is 24.8 Å². The second kappa shape index (κ2) is 18.0. The van der Waals surface area contributed by atoms with Gasteiger partial charge in [-0.2, -0.15) is 47.6 Å². The summed E-state index contributed by atoms with van der Waals surface area (Å²) in [6.45, 7) is 4.27. The molecule has 3 heteroatoms. The fourth-order valence-corrected chi connectivity index (χ4v) is 1.56. The Morgan fingerprint density at radius 2 is 1.24 bits per heavy atom. The first-order valence-electron chi connectivity index (χ1n) is 6.74. The summed E-state index contributed by atoms with van der Waals surface area (Å²) in [5.74, 6) is 0. The number of halogens is 2. The summed E-state index contributed by atoms with van der Waals surface area (Å²) in [6, 6.07) is 0. The van der Waals surface area contributed by atoms with E-state index >= 15 is 0 Å². The molecule has 21 heavy (non-hydrogen) atoms. The summed E-state index contributed by atoms with van der Waals surface area (Å²) in [4.78, 5) is 0. The number of allylic oxidation sites excluding steroid dienone is 12. The van der Waals surface area contributed by atoms with Gasteiger partial charge in [0.05, 0.1) is 0 Å². The van der Waals surface area contributed by atoms with Crippen LogP contribution < -0.4 is 0 Å². The fourth-order valence-electron chi connectivity index (χ4n) is 1.56. The van der Waals surface area contributed by atoms with Crippen LogP contribution in [0.5, 0.6) is 0 Å². The maximum Gasteiger partial charge on any atom is 2.00 e. The van der Waals surface area contributed by atoms with Crippen LogP contribution in [0, 0.1) is 12.2 Å². The van der Waals surface area contributed by atoms with Gasteiger partial charge in [-0.25, -0.2) is 0 Å². The van der Waals surface area contributed by atoms with Gasteiger partial charge in [0.2, 0.25) is 0 Å². The molecule has 0 amide bonds. The Labute approximate surface area is 161 Å². The Kier molecular flexibility index (Phi) is 22.1. The van der Waals surface area contributed by atoms with Crippen molar-refractivity contribution in [3.05, 3.63) is 71.9 Å². The van der Waals surface area contributed by atoms with Gasteiger partial charge >= 0.3 is 26.2 Å². The van der Waals surface area contributed by atoms with E-state index in [9.17, 15) is 0 Å². The van der Waals surface area contributed by atoms with Crippen molar-refractivity contribution < 1.29 is 26.2 Å². The van der Waals surface area contributed by atoms with Crippen molar-refractivity contribution in [2.45, 2.75) is 39.5 Å². The maximum atomic E-state index is 3.21. The molecule has 0 saturated heterocycles. The fraction of sp³-hybridized carbons (Fsp3) is 0.333. The molecule has 0 heterocycles. The summed E-state index contributed by atoms with van der Waals surface area (Å²) in [6.07, 6.45) is 27.6. The van der Waals surface area contributed by atoms with Crippen LogP contribution in [0.2, 0.25) is 0 Å². The minimum atomic E-state index is 0. The van der Waals surface area contributed by atoms with Crippen molar-refractivity contribution in [3.63, 3.8) is 0 Å². The van der Waals surface area contributed by atoms with Crippen molar-refractivity contribution in [3.8, 4) is 0 Å². The van der Waals surface area contributed by atoms with E-state index < -0.39 is 0 Å². The molecule has 0 radical (unpaired) electrons. The van der Waals surface area contributed by atoms with E-state index in [1.165, 1.54) is 11.1 Å². The second-order valence-electron chi connectivity index (χ2n) is 4.10. The zero-order chi connectivity index (χ0) is 13.1. The molecule has 0 aliphatic heterocycles. The number of rotatable bonds is 4. The molecule has 2 rings (SSSR count). The molecule has 0 fully saturated rings. The van der Waals surface area contributed by atoms with E-state index in [1.807, 2.05) is 0 Å². The van der Waals surface area contributed by atoms with E-state index in [4.69, 9.17) is 0 Å². The molecule has 0 aromatic rings. The zero-order valence-electron chi connectivity index (χ0n) is 12.8. The summed E-state index contributed by atoms with van der Waals surface area (Å²) in [7, 11) is 0. The molecule has 0 atom stereocenters. The van der Waals surface area contributed by atoms with Gasteiger partial charge in [-0.3, -0.25) is 0 Å². The molecule has 0 unspecified atom stereocenters. The van der Waals surface area contributed by atoms with Gasteiger partial charge in [-0.05, 0) is 12.8 Å².